The molecule has 0 radical (unpaired) electrons. The first-order valence-electron chi connectivity index (χ1n) is 7.78. The van der Waals surface area contributed by atoms with Crippen molar-refractivity contribution in [1.29, 1.82) is 0 Å². The number of likely N-dealkylation sites (tertiary alicyclic amines) is 1. The quantitative estimate of drug-likeness (QED) is 0.842. The van der Waals surface area contributed by atoms with Crippen LogP contribution in [0.3, 0.4) is 0 Å². The smallest absolute Gasteiger partial charge is 0.0348 e. The Morgan fingerprint density at radius 3 is 2.47 bits per heavy atom. The fourth-order valence-corrected chi connectivity index (χ4v) is 3.27. The summed E-state index contributed by atoms with van der Waals surface area (Å²) in [5, 5.41) is 3.32. The zero-order valence-electron chi connectivity index (χ0n) is 12.4. The van der Waals surface area contributed by atoms with Gasteiger partial charge in [-0.05, 0) is 57.4 Å². The van der Waals surface area contributed by atoms with E-state index in [1.54, 1.807) is 0 Å². The minimum Gasteiger partial charge on any atom is -0.319 e. The van der Waals surface area contributed by atoms with Gasteiger partial charge in [0, 0.05) is 6.04 Å². The Morgan fingerprint density at radius 1 is 1.21 bits per heavy atom. The van der Waals surface area contributed by atoms with Crippen LogP contribution in [0, 0.1) is 5.92 Å². The van der Waals surface area contributed by atoms with Crippen LogP contribution in [-0.2, 0) is 0 Å². The molecule has 1 N–H and O–H groups in total. The molecule has 0 saturated carbocycles. The highest BCUT2D eigenvalue weighted by Gasteiger charge is 2.25. The zero-order valence-corrected chi connectivity index (χ0v) is 12.4. The van der Waals surface area contributed by atoms with Crippen LogP contribution in [0.5, 0.6) is 0 Å². The lowest BCUT2D eigenvalue weighted by Crippen LogP contribution is -2.39. The molecule has 2 rings (SSSR count). The maximum atomic E-state index is 3.32. The maximum Gasteiger partial charge on any atom is 0.0348 e. The first kappa shape index (κ1) is 14.5. The summed E-state index contributed by atoms with van der Waals surface area (Å²) in [4.78, 5) is 2.70. The van der Waals surface area contributed by atoms with Crippen molar-refractivity contribution in [3.8, 4) is 0 Å². The van der Waals surface area contributed by atoms with E-state index < -0.39 is 0 Å². The van der Waals surface area contributed by atoms with Gasteiger partial charge in [0.2, 0.25) is 0 Å². The van der Waals surface area contributed by atoms with Crippen LogP contribution in [0.2, 0.25) is 0 Å². The van der Waals surface area contributed by atoms with Crippen molar-refractivity contribution >= 4 is 0 Å². The third-order valence-electron chi connectivity index (χ3n) is 4.33. The molecular weight excluding hydrogens is 232 g/mol. The van der Waals surface area contributed by atoms with Gasteiger partial charge >= 0.3 is 0 Å². The lowest BCUT2D eigenvalue weighted by molar-refractivity contribution is 0.125. The number of benzene rings is 1. The summed E-state index contributed by atoms with van der Waals surface area (Å²) in [6.07, 6.45) is 5.22. The largest absolute Gasteiger partial charge is 0.319 e. The number of hydrogen-bond acceptors (Lipinski definition) is 2. The average molecular weight is 260 g/mol. The average Bonchev–Trinajstić information content (AvgIpc) is 2.47. The third kappa shape index (κ3) is 4.05. The molecule has 1 saturated heterocycles. The topological polar surface area (TPSA) is 15.3 Å². The van der Waals surface area contributed by atoms with E-state index in [0.29, 0.717) is 6.04 Å². The summed E-state index contributed by atoms with van der Waals surface area (Å²) in [5.74, 6) is 0.874. The van der Waals surface area contributed by atoms with Gasteiger partial charge < -0.3 is 5.32 Å². The van der Waals surface area contributed by atoms with E-state index >= 15 is 0 Å². The van der Waals surface area contributed by atoms with Gasteiger partial charge in [-0.2, -0.15) is 0 Å². The molecule has 1 aliphatic heterocycles. The van der Waals surface area contributed by atoms with E-state index in [-0.39, 0.29) is 0 Å². The van der Waals surface area contributed by atoms with Gasteiger partial charge in [-0.3, -0.25) is 4.90 Å². The second-order valence-electron chi connectivity index (χ2n) is 5.75. The molecule has 1 aliphatic rings. The van der Waals surface area contributed by atoms with E-state index in [2.05, 4.69) is 54.5 Å². The van der Waals surface area contributed by atoms with Gasteiger partial charge in [0.25, 0.3) is 0 Å². The number of piperidine rings is 1. The number of hydrogen-bond donors (Lipinski definition) is 1. The lowest BCUT2D eigenvalue weighted by Gasteiger charge is -2.38. The van der Waals surface area contributed by atoms with E-state index in [4.69, 9.17) is 0 Å². The Morgan fingerprint density at radius 2 is 1.89 bits per heavy atom. The molecule has 0 amide bonds. The molecule has 1 heterocycles. The van der Waals surface area contributed by atoms with Gasteiger partial charge in [-0.25, -0.2) is 0 Å². The van der Waals surface area contributed by atoms with Crippen LogP contribution in [-0.4, -0.2) is 31.6 Å². The molecule has 2 nitrogen and oxygen atoms in total. The second-order valence-corrected chi connectivity index (χ2v) is 5.75. The van der Waals surface area contributed by atoms with Crippen LogP contribution in [0.15, 0.2) is 30.3 Å². The highest BCUT2D eigenvalue weighted by Crippen LogP contribution is 2.29. The van der Waals surface area contributed by atoms with Crippen LogP contribution in [0.4, 0.5) is 0 Å². The number of nitrogens with one attached hydrogen (secondary N) is 1. The van der Waals surface area contributed by atoms with Crippen molar-refractivity contribution in [3.05, 3.63) is 35.9 Å². The van der Waals surface area contributed by atoms with Crippen molar-refractivity contribution in [2.24, 2.45) is 5.92 Å². The Bertz CT molecular complexity index is 342. The minimum atomic E-state index is 0.627. The lowest BCUT2D eigenvalue weighted by atomic mass is 9.92. The monoisotopic (exact) mass is 260 g/mol. The number of nitrogens with zero attached hydrogens (tertiary/aromatic N) is 1. The minimum absolute atomic E-state index is 0.627. The standard InChI is InChI=1S/C17H28N2/c1-3-7-17(16-8-5-4-6-9-16)19-12-10-15(11-13-19)14-18-2/h4-6,8-9,15,17-18H,3,7,10-14H2,1-2H3. The predicted octanol–water partition coefficient (Wildman–Crippen LogP) is 3.46. The fourth-order valence-electron chi connectivity index (χ4n) is 3.27. The molecule has 0 spiro atoms. The highest BCUT2D eigenvalue weighted by atomic mass is 15.2. The van der Waals surface area contributed by atoms with Gasteiger partial charge in [-0.1, -0.05) is 43.7 Å². The normalized spacial score (nSPS) is 19.5. The summed E-state index contributed by atoms with van der Waals surface area (Å²) in [7, 11) is 2.07. The van der Waals surface area contributed by atoms with Crippen molar-refractivity contribution < 1.29 is 0 Å². The first-order chi connectivity index (χ1) is 9.35. The third-order valence-corrected chi connectivity index (χ3v) is 4.33. The fraction of sp³-hybridized carbons (Fsp3) is 0.647. The molecule has 0 aliphatic carbocycles. The Kier molecular flexibility index (Phi) is 5.87. The molecule has 2 heteroatoms. The Balaban J connectivity index is 1.97. The SMILES string of the molecule is CCCC(c1ccccc1)N1CCC(CNC)CC1. The molecule has 0 bridgehead atoms. The van der Waals surface area contributed by atoms with Crippen molar-refractivity contribution in [2.75, 3.05) is 26.7 Å². The summed E-state index contributed by atoms with van der Waals surface area (Å²) in [6, 6.07) is 11.7. The molecule has 1 aromatic rings. The van der Waals surface area contributed by atoms with Crippen molar-refractivity contribution in [2.45, 2.75) is 38.6 Å². The molecule has 0 aromatic heterocycles. The van der Waals surface area contributed by atoms with E-state index in [9.17, 15) is 0 Å². The van der Waals surface area contributed by atoms with Gasteiger partial charge in [0.15, 0.2) is 0 Å². The summed E-state index contributed by atoms with van der Waals surface area (Å²) in [6.45, 7) is 5.99. The van der Waals surface area contributed by atoms with Crippen LogP contribution in [0.25, 0.3) is 0 Å². The highest BCUT2D eigenvalue weighted by molar-refractivity contribution is 5.19. The number of rotatable bonds is 6. The zero-order chi connectivity index (χ0) is 13.5. The van der Waals surface area contributed by atoms with Crippen LogP contribution in [0.1, 0.15) is 44.2 Å². The summed E-state index contributed by atoms with van der Waals surface area (Å²) in [5.41, 5.74) is 1.50. The van der Waals surface area contributed by atoms with Crippen LogP contribution >= 0.6 is 0 Å². The summed E-state index contributed by atoms with van der Waals surface area (Å²) >= 11 is 0. The molecule has 1 unspecified atom stereocenters. The van der Waals surface area contributed by atoms with E-state index in [0.717, 1.165) is 5.92 Å². The van der Waals surface area contributed by atoms with Crippen molar-refractivity contribution in [3.63, 3.8) is 0 Å². The Hall–Kier alpha value is -0.860. The summed E-state index contributed by atoms with van der Waals surface area (Å²) < 4.78 is 0. The molecule has 1 aromatic carbocycles. The molecule has 106 valence electrons. The second kappa shape index (κ2) is 7.66. The van der Waals surface area contributed by atoms with Crippen molar-refractivity contribution in [1.82, 2.24) is 10.2 Å². The molecule has 1 atom stereocenters. The van der Waals surface area contributed by atoms with E-state index in [1.165, 1.54) is 50.9 Å². The Labute approximate surface area is 118 Å². The molecular formula is C17H28N2. The van der Waals surface area contributed by atoms with E-state index in [1.807, 2.05) is 0 Å². The predicted molar refractivity (Wildman–Crippen MR) is 82.3 cm³/mol. The van der Waals surface area contributed by atoms with Gasteiger partial charge in [0.05, 0.1) is 0 Å². The maximum absolute atomic E-state index is 3.32. The first-order valence-corrected chi connectivity index (χ1v) is 7.78. The molecule has 1 fully saturated rings. The molecule has 19 heavy (non-hydrogen) atoms. The van der Waals surface area contributed by atoms with Crippen LogP contribution < -0.4 is 5.32 Å². The van der Waals surface area contributed by atoms with Gasteiger partial charge in [-0.15, -0.1) is 0 Å². The van der Waals surface area contributed by atoms with Gasteiger partial charge in [0.1, 0.15) is 0 Å².